The number of anilines is 1. The quantitative estimate of drug-likeness (QED) is 0.183. The molecule has 7 rings (SSSR count). The van der Waals surface area contributed by atoms with Gasteiger partial charge in [-0.15, -0.1) is 0 Å². The monoisotopic (exact) mass is 842 g/mol. The van der Waals surface area contributed by atoms with Gasteiger partial charge in [0.2, 0.25) is 0 Å². The second kappa shape index (κ2) is 19.7. The summed E-state index contributed by atoms with van der Waals surface area (Å²) in [6.45, 7) is 4.24. The zero-order valence-electron chi connectivity index (χ0n) is 32.3. The Kier molecular flexibility index (Phi) is 14.7. The zero-order valence-corrected chi connectivity index (χ0v) is 34.0. The number of hydrogen-bond acceptors (Lipinski definition) is 13. The number of sulfone groups is 2. The molecular weight excluding hydrogens is 793 g/mol. The van der Waals surface area contributed by atoms with Crippen molar-refractivity contribution in [2.75, 3.05) is 38.4 Å². The van der Waals surface area contributed by atoms with Crippen molar-refractivity contribution >= 4 is 43.3 Å². The van der Waals surface area contributed by atoms with Crippen LogP contribution in [0.4, 0.5) is 5.82 Å². The molecule has 2 N–H and O–H groups in total. The molecule has 15 nitrogen and oxygen atoms in total. The highest BCUT2D eigenvalue weighted by Gasteiger charge is 2.38. The van der Waals surface area contributed by atoms with Crippen LogP contribution in [0, 0.1) is 0 Å². The Hall–Kier alpha value is -4.26. The number of hydrogen-bond donors (Lipinski definition) is 2. The molecule has 3 heterocycles. The maximum Gasteiger partial charge on any atom is 0.337 e. The number of nitrogens with one attached hydrogen (secondary N) is 1. The number of carboxylic acid groups (broad SMARTS) is 1. The molecule has 4 aliphatic rings. The van der Waals surface area contributed by atoms with Crippen LogP contribution in [0.2, 0.25) is 0 Å². The van der Waals surface area contributed by atoms with Crippen molar-refractivity contribution in [2.24, 2.45) is 0 Å². The van der Waals surface area contributed by atoms with E-state index < -0.39 is 49.7 Å². The third kappa shape index (κ3) is 11.7. The van der Waals surface area contributed by atoms with Crippen molar-refractivity contribution in [2.45, 2.75) is 109 Å². The number of aromatic nitrogens is 1. The fraction of sp³-hybridized carbons (Fsp3) is 0.512. The molecule has 2 saturated heterocycles. The van der Waals surface area contributed by atoms with Gasteiger partial charge in [0.25, 0.3) is 5.91 Å². The molecule has 3 aromatic rings. The van der Waals surface area contributed by atoms with Gasteiger partial charge in [-0.2, -0.15) is 0 Å². The highest BCUT2D eigenvalue weighted by atomic mass is 32.2. The Morgan fingerprint density at radius 1 is 0.707 bits per heavy atom. The van der Waals surface area contributed by atoms with Gasteiger partial charge in [0.15, 0.2) is 31.9 Å². The number of rotatable bonds is 16. The average molecular weight is 843 g/mol. The largest absolute Gasteiger partial charge is 0.479 e. The minimum atomic E-state index is -3.33. The molecule has 1 amide bonds. The lowest BCUT2D eigenvalue weighted by molar-refractivity contribution is -0.158. The van der Waals surface area contributed by atoms with Gasteiger partial charge in [-0.1, -0.05) is 30.3 Å². The van der Waals surface area contributed by atoms with Crippen molar-refractivity contribution in [3.8, 4) is 0 Å². The van der Waals surface area contributed by atoms with Crippen molar-refractivity contribution < 1.29 is 60.0 Å². The Bertz CT molecular complexity index is 2090. The van der Waals surface area contributed by atoms with Gasteiger partial charge in [0, 0.05) is 26.4 Å². The highest BCUT2D eigenvalue weighted by Crippen LogP contribution is 2.36. The lowest BCUT2D eigenvalue weighted by atomic mass is 10.1. The molecule has 0 spiro atoms. The van der Waals surface area contributed by atoms with E-state index >= 15 is 0 Å². The fourth-order valence-corrected chi connectivity index (χ4v) is 9.90. The molecule has 0 radical (unpaired) electrons. The number of carbonyl (C=O) groups excluding carboxylic acids is 2. The molecule has 314 valence electrons. The summed E-state index contributed by atoms with van der Waals surface area (Å²) in [5.74, 6) is -1.62. The third-order valence-electron chi connectivity index (χ3n) is 10.1. The van der Waals surface area contributed by atoms with E-state index in [4.69, 9.17) is 23.7 Å². The van der Waals surface area contributed by atoms with Gasteiger partial charge in [0.1, 0.15) is 5.82 Å². The van der Waals surface area contributed by atoms with Gasteiger partial charge < -0.3 is 34.1 Å². The molecule has 2 aliphatic heterocycles. The van der Waals surface area contributed by atoms with E-state index in [0.717, 1.165) is 0 Å². The van der Waals surface area contributed by atoms with Gasteiger partial charge in [-0.05, 0) is 106 Å². The zero-order chi connectivity index (χ0) is 41.3. The molecule has 2 aliphatic carbocycles. The summed E-state index contributed by atoms with van der Waals surface area (Å²) in [5.41, 5.74) is 1.47. The maximum atomic E-state index is 13.3. The van der Waals surface area contributed by atoms with Crippen LogP contribution < -0.4 is 5.32 Å². The van der Waals surface area contributed by atoms with Crippen molar-refractivity contribution in [3.05, 3.63) is 83.6 Å². The molecule has 2 aromatic carbocycles. The first-order valence-electron chi connectivity index (χ1n) is 19.6. The van der Waals surface area contributed by atoms with Crippen molar-refractivity contribution in [1.82, 2.24) is 4.98 Å². The van der Waals surface area contributed by atoms with Crippen LogP contribution in [-0.2, 0) is 64.2 Å². The van der Waals surface area contributed by atoms with Gasteiger partial charge >= 0.3 is 11.9 Å². The molecule has 4 fully saturated rings. The van der Waals surface area contributed by atoms with E-state index in [-0.39, 0.29) is 51.3 Å². The number of nitrogens with zero attached hydrogens (tertiary/aromatic N) is 1. The Balaban J connectivity index is 0.000000213. The van der Waals surface area contributed by atoms with E-state index in [9.17, 15) is 36.3 Å². The normalized spacial score (nSPS) is 18.9. The minimum Gasteiger partial charge on any atom is -0.479 e. The lowest BCUT2D eigenvalue weighted by Crippen LogP contribution is -2.31. The van der Waals surface area contributed by atoms with Gasteiger partial charge in [-0.3, -0.25) is 9.59 Å². The van der Waals surface area contributed by atoms with Crippen LogP contribution in [-0.4, -0.2) is 101 Å². The van der Waals surface area contributed by atoms with Crippen LogP contribution in [0.1, 0.15) is 87.3 Å². The summed E-state index contributed by atoms with van der Waals surface area (Å²) in [7, 11) is -6.59. The smallest absolute Gasteiger partial charge is 0.337 e. The van der Waals surface area contributed by atoms with E-state index in [1.807, 2.05) is 0 Å². The molecule has 2 atom stereocenters. The first-order chi connectivity index (χ1) is 27.8. The summed E-state index contributed by atoms with van der Waals surface area (Å²) in [6.07, 6.45) is 3.04. The molecule has 1 aromatic heterocycles. The topological polar surface area (TPSA) is 211 Å². The summed E-state index contributed by atoms with van der Waals surface area (Å²) in [6, 6.07) is 17.4. The number of aliphatic carboxylic acids is 1. The van der Waals surface area contributed by atoms with Crippen LogP contribution in [0.3, 0.4) is 0 Å². The number of amides is 1. The molecule has 2 saturated carbocycles. The second-order valence-corrected chi connectivity index (χ2v) is 19.1. The summed E-state index contributed by atoms with van der Waals surface area (Å²) < 4.78 is 76.9. The van der Waals surface area contributed by atoms with Crippen LogP contribution in [0.25, 0.3) is 0 Å². The Morgan fingerprint density at radius 2 is 1.17 bits per heavy atom. The molecule has 2 unspecified atom stereocenters. The summed E-state index contributed by atoms with van der Waals surface area (Å²) in [5, 5.41) is 11.6. The second-order valence-electron chi connectivity index (χ2n) is 14.6. The van der Waals surface area contributed by atoms with Crippen molar-refractivity contribution in [1.29, 1.82) is 0 Å². The van der Waals surface area contributed by atoms with E-state index in [2.05, 4.69) is 10.3 Å². The number of carboxylic acids is 1. The van der Waals surface area contributed by atoms with Crippen molar-refractivity contribution in [3.63, 3.8) is 0 Å². The molecule has 17 heteroatoms. The standard InChI is InChI=1S/C25H30N2O7S.C16H20O6S/c1-2-33-23(28)16-18-4-3-5-22(26-18)27-25(29)24(34-19-12-14-32-15-13-19)17-6-8-20(9-7-17)35(30,31)21-10-11-21;17-16(18)15(22-12-7-9-21-10-8-12)11-1-3-13(4-2-11)23(19,20)14-5-6-14/h3-9,19,21,24H,2,10-16H2,1H3,(H,26,27,29);1-4,12,14-15H,5-10H2,(H,17,18). The van der Waals surface area contributed by atoms with E-state index in [1.54, 1.807) is 37.3 Å². The molecule has 58 heavy (non-hydrogen) atoms. The lowest BCUT2D eigenvalue weighted by Gasteiger charge is -2.27. The Labute approximate surface area is 338 Å². The minimum absolute atomic E-state index is 0.00349. The molecular formula is C41H50N2O13S2. The van der Waals surface area contributed by atoms with E-state index in [0.29, 0.717) is 94.6 Å². The number of esters is 1. The van der Waals surface area contributed by atoms with Crippen LogP contribution >= 0.6 is 0 Å². The number of benzene rings is 2. The number of ether oxygens (including phenoxy) is 5. The van der Waals surface area contributed by atoms with Crippen LogP contribution in [0.5, 0.6) is 0 Å². The first kappa shape index (κ1) is 43.3. The van der Waals surface area contributed by atoms with Crippen LogP contribution in [0.15, 0.2) is 76.5 Å². The average Bonchev–Trinajstić information content (AvgIpc) is 4.14. The summed E-state index contributed by atoms with van der Waals surface area (Å²) in [4.78, 5) is 41.4. The van der Waals surface area contributed by atoms with E-state index in [1.165, 1.54) is 36.4 Å². The summed E-state index contributed by atoms with van der Waals surface area (Å²) >= 11 is 0. The highest BCUT2D eigenvalue weighted by molar-refractivity contribution is 7.92. The number of pyridine rings is 1. The maximum absolute atomic E-state index is 13.3. The number of carbonyl (C=O) groups is 3. The van der Waals surface area contributed by atoms with Gasteiger partial charge in [-0.25, -0.2) is 26.6 Å². The first-order valence-corrected chi connectivity index (χ1v) is 22.7. The predicted molar refractivity (Wildman–Crippen MR) is 209 cm³/mol. The third-order valence-corrected chi connectivity index (χ3v) is 14.7. The van der Waals surface area contributed by atoms with Gasteiger partial charge in [0.05, 0.1) is 51.2 Å². The SMILES string of the molecule is CCOC(=O)Cc1cccc(NC(=O)C(OC2CCOCC2)c2ccc(S(=O)(=O)C3CC3)cc2)n1.O=C(O)C(OC1CCOCC1)c1ccc(S(=O)(=O)C2CC2)cc1. The fourth-order valence-electron chi connectivity index (χ4n) is 6.59. The predicted octanol–water partition coefficient (Wildman–Crippen LogP) is 4.94. The molecule has 0 bridgehead atoms. The Morgan fingerprint density at radius 3 is 1.62 bits per heavy atom.